The zero-order valence-electron chi connectivity index (χ0n) is 19.4. The largest absolute Gasteiger partial charge is 0.508 e. The number of hydrogen-bond acceptors (Lipinski definition) is 9. The molecule has 10 heteroatoms. The van der Waals surface area contributed by atoms with Gasteiger partial charge in [-0.05, 0) is 47.5 Å². The van der Waals surface area contributed by atoms with E-state index in [1.54, 1.807) is 18.3 Å². The standard InChI is InChI=1S/C26H24FN7O2/c27-24-17-29-26(32-25(24)34-11-13-36-14-12-34)33-30-16-21-7-8-22(15-28-21)31-20-5-1-18(2-6-20)19-3-9-23(35)10-4-19/h1-10,15,17,31,35H,11-14,16H2. The molecule has 182 valence electrons. The van der Waals surface area contributed by atoms with Gasteiger partial charge in [0.15, 0.2) is 11.6 Å². The zero-order chi connectivity index (χ0) is 24.7. The van der Waals surface area contributed by atoms with Gasteiger partial charge < -0.3 is 20.1 Å². The van der Waals surface area contributed by atoms with Crippen molar-refractivity contribution >= 4 is 23.1 Å². The monoisotopic (exact) mass is 485 g/mol. The molecule has 0 radical (unpaired) electrons. The second-order valence-electron chi connectivity index (χ2n) is 8.13. The summed E-state index contributed by atoms with van der Waals surface area (Å²) >= 11 is 0. The van der Waals surface area contributed by atoms with Crippen molar-refractivity contribution in [3.8, 4) is 16.9 Å². The number of nitrogens with one attached hydrogen (secondary N) is 1. The average molecular weight is 486 g/mol. The highest BCUT2D eigenvalue weighted by molar-refractivity contribution is 5.68. The van der Waals surface area contributed by atoms with E-state index in [-0.39, 0.29) is 24.1 Å². The Balaban J connectivity index is 1.17. The van der Waals surface area contributed by atoms with Gasteiger partial charge >= 0.3 is 0 Å². The van der Waals surface area contributed by atoms with Crippen LogP contribution >= 0.6 is 0 Å². The molecule has 0 atom stereocenters. The van der Waals surface area contributed by atoms with E-state index in [2.05, 4.69) is 30.5 Å². The number of rotatable bonds is 7. The van der Waals surface area contributed by atoms with E-state index in [0.29, 0.717) is 26.3 Å². The topological polar surface area (TPSA) is 108 Å². The molecule has 9 nitrogen and oxygen atoms in total. The number of aromatic nitrogens is 3. The molecule has 1 saturated heterocycles. The highest BCUT2D eigenvalue weighted by atomic mass is 19.1. The van der Waals surface area contributed by atoms with Crippen LogP contribution in [0.5, 0.6) is 5.75 Å². The number of ether oxygens (including phenoxy) is 1. The van der Waals surface area contributed by atoms with E-state index < -0.39 is 5.82 Å². The number of aromatic hydroxyl groups is 1. The highest BCUT2D eigenvalue weighted by Gasteiger charge is 2.17. The van der Waals surface area contributed by atoms with Crippen LogP contribution in [-0.4, -0.2) is 46.4 Å². The zero-order valence-corrected chi connectivity index (χ0v) is 19.4. The van der Waals surface area contributed by atoms with Crippen LogP contribution in [0.2, 0.25) is 0 Å². The normalized spacial score (nSPS) is 13.8. The van der Waals surface area contributed by atoms with Crippen molar-refractivity contribution in [2.75, 3.05) is 36.5 Å². The first-order valence-corrected chi connectivity index (χ1v) is 11.5. The number of phenols is 1. The molecule has 0 unspecified atom stereocenters. The molecule has 3 heterocycles. The molecule has 5 rings (SSSR count). The lowest BCUT2D eigenvalue weighted by Crippen LogP contribution is -2.37. The summed E-state index contributed by atoms with van der Waals surface area (Å²) in [5.74, 6) is 0.0746. The van der Waals surface area contributed by atoms with E-state index in [0.717, 1.165) is 34.4 Å². The molecular formula is C26H24FN7O2. The fourth-order valence-corrected chi connectivity index (χ4v) is 3.72. The van der Waals surface area contributed by atoms with Gasteiger partial charge in [0.1, 0.15) is 12.3 Å². The van der Waals surface area contributed by atoms with Gasteiger partial charge in [0.2, 0.25) is 0 Å². The molecular weight excluding hydrogens is 461 g/mol. The summed E-state index contributed by atoms with van der Waals surface area (Å²) in [7, 11) is 0. The van der Waals surface area contributed by atoms with E-state index in [4.69, 9.17) is 4.74 Å². The Kier molecular flexibility index (Phi) is 7.04. The van der Waals surface area contributed by atoms with Crippen molar-refractivity contribution in [1.29, 1.82) is 0 Å². The minimum atomic E-state index is -0.490. The Hall–Kier alpha value is -4.44. The van der Waals surface area contributed by atoms with Crippen LogP contribution in [0.25, 0.3) is 11.1 Å². The molecule has 1 fully saturated rings. The second-order valence-corrected chi connectivity index (χ2v) is 8.13. The summed E-state index contributed by atoms with van der Waals surface area (Å²) in [4.78, 5) is 14.3. The van der Waals surface area contributed by atoms with Crippen LogP contribution in [0, 0.1) is 5.82 Å². The fourth-order valence-electron chi connectivity index (χ4n) is 3.72. The van der Waals surface area contributed by atoms with Gasteiger partial charge in [-0.2, -0.15) is 10.1 Å². The molecule has 2 aromatic carbocycles. The van der Waals surface area contributed by atoms with E-state index >= 15 is 0 Å². The van der Waals surface area contributed by atoms with Gasteiger partial charge in [0, 0.05) is 18.8 Å². The summed E-state index contributed by atoms with van der Waals surface area (Å²) in [6, 6.07) is 18.9. The van der Waals surface area contributed by atoms with Crippen molar-refractivity contribution in [2.24, 2.45) is 10.2 Å². The van der Waals surface area contributed by atoms with E-state index in [9.17, 15) is 9.50 Å². The number of anilines is 3. The van der Waals surface area contributed by atoms with Crippen molar-refractivity contribution in [3.05, 3.63) is 84.6 Å². The van der Waals surface area contributed by atoms with Crippen LogP contribution < -0.4 is 10.2 Å². The molecule has 0 spiro atoms. The van der Waals surface area contributed by atoms with Crippen LogP contribution in [0.1, 0.15) is 5.69 Å². The SMILES string of the molecule is Oc1ccc(-c2ccc(Nc3ccc(CN=Nc4ncc(F)c(N5CCOCC5)n4)nc3)cc2)cc1. The number of phenolic OH excluding ortho intramolecular Hbond substituents is 1. The molecule has 0 amide bonds. The number of azo groups is 1. The van der Waals surface area contributed by atoms with Gasteiger partial charge in [-0.3, -0.25) is 4.98 Å². The number of hydrogen-bond donors (Lipinski definition) is 2. The number of pyridine rings is 1. The maximum absolute atomic E-state index is 14.1. The summed E-state index contributed by atoms with van der Waals surface area (Å²) in [6.45, 7) is 2.44. The summed E-state index contributed by atoms with van der Waals surface area (Å²) in [5.41, 5.74) is 4.58. The number of halogens is 1. The number of benzene rings is 2. The van der Waals surface area contributed by atoms with Gasteiger partial charge in [-0.1, -0.05) is 24.3 Å². The molecule has 0 aliphatic carbocycles. The Morgan fingerprint density at radius 3 is 2.28 bits per heavy atom. The van der Waals surface area contributed by atoms with Gasteiger partial charge in [-0.25, -0.2) is 9.37 Å². The molecule has 0 saturated carbocycles. The van der Waals surface area contributed by atoms with Crippen molar-refractivity contribution < 1.29 is 14.2 Å². The first kappa shape index (κ1) is 23.3. The molecule has 2 N–H and O–H groups in total. The third-order valence-corrected chi connectivity index (χ3v) is 5.62. The predicted molar refractivity (Wildman–Crippen MR) is 134 cm³/mol. The van der Waals surface area contributed by atoms with E-state index in [1.165, 1.54) is 0 Å². The molecule has 36 heavy (non-hydrogen) atoms. The third kappa shape index (κ3) is 5.78. The van der Waals surface area contributed by atoms with Gasteiger partial charge in [-0.15, -0.1) is 5.11 Å². The molecule has 1 aliphatic heterocycles. The van der Waals surface area contributed by atoms with Crippen molar-refractivity contribution in [1.82, 2.24) is 15.0 Å². The first-order valence-electron chi connectivity index (χ1n) is 11.5. The van der Waals surface area contributed by atoms with E-state index in [1.807, 2.05) is 53.4 Å². The average Bonchev–Trinajstić information content (AvgIpc) is 2.92. The third-order valence-electron chi connectivity index (χ3n) is 5.62. The minimum Gasteiger partial charge on any atom is -0.508 e. The maximum atomic E-state index is 14.1. The number of nitrogens with zero attached hydrogens (tertiary/aromatic N) is 6. The quantitative estimate of drug-likeness (QED) is 0.344. The lowest BCUT2D eigenvalue weighted by Gasteiger charge is -2.27. The lowest BCUT2D eigenvalue weighted by atomic mass is 10.1. The fraction of sp³-hybridized carbons (Fsp3) is 0.192. The summed E-state index contributed by atoms with van der Waals surface area (Å²) in [6.07, 6.45) is 2.84. The second kappa shape index (κ2) is 10.9. The number of morpholine rings is 1. The Morgan fingerprint density at radius 1 is 0.889 bits per heavy atom. The molecule has 0 bridgehead atoms. The predicted octanol–water partition coefficient (Wildman–Crippen LogP) is 5.25. The molecule has 2 aromatic heterocycles. The van der Waals surface area contributed by atoms with Crippen molar-refractivity contribution in [2.45, 2.75) is 6.54 Å². The highest BCUT2D eigenvalue weighted by Crippen LogP contribution is 2.25. The Bertz CT molecular complexity index is 1320. The molecule has 1 aliphatic rings. The molecule has 4 aromatic rings. The Labute approximate surface area is 207 Å². The van der Waals surface area contributed by atoms with Crippen LogP contribution in [-0.2, 0) is 11.3 Å². The summed E-state index contributed by atoms with van der Waals surface area (Å²) < 4.78 is 19.4. The summed E-state index contributed by atoms with van der Waals surface area (Å²) in [5, 5.41) is 20.9. The van der Waals surface area contributed by atoms with Crippen LogP contribution in [0.3, 0.4) is 0 Å². The van der Waals surface area contributed by atoms with Crippen LogP contribution in [0.15, 0.2) is 83.3 Å². The van der Waals surface area contributed by atoms with Gasteiger partial charge in [0.05, 0.1) is 37.0 Å². The first-order chi connectivity index (χ1) is 17.6. The van der Waals surface area contributed by atoms with Crippen LogP contribution in [0.4, 0.5) is 27.5 Å². The minimum absolute atomic E-state index is 0.104. The van der Waals surface area contributed by atoms with Crippen molar-refractivity contribution in [3.63, 3.8) is 0 Å². The lowest BCUT2D eigenvalue weighted by molar-refractivity contribution is 0.122. The maximum Gasteiger partial charge on any atom is 0.270 e. The Morgan fingerprint density at radius 2 is 1.58 bits per heavy atom. The smallest absolute Gasteiger partial charge is 0.270 e. The van der Waals surface area contributed by atoms with Gasteiger partial charge in [0.25, 0.3) is 5.95 Å².